The van der Waals surface area contributed by atoms with Gasteiger partial charge in [0.05, 0.1) is 10.6 Å². The molecule has 0 fully saturated rings. The number of aryl methyl sites for hydroxylation is 1. The van der Waals surface area contributed by atoms with Gasteiger partial charge in [0.15, 0.2) is 5.82 Å². The normalized spacial score (nSPS) is 10.5. The molecule has 3 N–H and O–H groups in total. The number of carbonyl (C=O) groups excluding carboxylic acids is 1. The molecule has 0 bridgehead atoms. The summed E-state index contributed by atoms with van der Waals surface area (Å²) in [5.74, 6) is 0.277. The van der Waals surface area contributed by atoms with Crippen LogP contribution in [0.15, 0.2) is 37.1 Å². The van der Waals surface area contributed by atoms with E-state index in [1.807, 2.05) is 6.92 Å². The van der Waals surface area contributed by atoms with Gasteiger partial charge in [-0.05, 0) is 25.1 Å². The van der Waals surface area contributed by atoms with Gasteiger partial charge >= 0.3 is 0 Å². The lowest BCUT2D eigenvalue weighted by atomic mass is 10.3. The summed E-state index contributed by atoms with van der Waals surface area (Å²) in [4.78, 5) is 21.8. The Hall–Kier alpha value is -2.74. The largest absolute Gasteiger partial charge is 0.398 e. The Kier molecular flexibility index (Phi) is 3.36. The minimum absolute atomic E-state index is 0.228. The van der Waals surface area contributed by atoms with Gasteiger partial charge in [0.25, 0.3) is 5.91 Å². The van der Waals surface area contributed by atoms with E-state index in [0.29, 0.717) is 22.1 Å². The van der Waals surface area contributed by atoms with Gasteiger partial charge < -0.3 is 11.1 Å². The van der Waals surface area contributed by atoms with Crippen LogP contribution in [0, 0.1) is 6.92 Å². The molecule has 0 aliphatic heterocycles. The third-order valence-corrected chi connectivity index (χ3v) is 3.92. The van der Waals surface area contributed by atoms with Crippen molar-refractivity contribution in [1.29, 1.82) is 0 Å². The molecule has 8 heteroatoms. The van der Waals surface area contributed by atoms with Crippen molar-refractivity contribution in [3.8, 4) is 5.82 Å². The highest BCUT2D eigenvalue weighted by Crippen LogP contribution is 2.25. The lowest BCUT2D eigenvalue weighted by molar-refractivity contribution is 0.103. The Bertz CT molecular complexity index is 760. The first-order valence-electron chi connectivity index (χ1n) is 6.12. The summed E-state index contributed by atoms with van der Waals surface area (Å²) < 4.78 is 1.49. The molecule has 0 spiro atoms. The standard InChI is InChI=1S/C13H12N6OS/c1-8-9(14)5-11(21-8)13(20)18-10-3-2-4-16-12(10)19-7-15-6-17-19/h2-7H,14H2,1H3,(H,18,20). The molecule has 1 amide bonds. The van der Waals surface area contributed by atoms with E-state index in [2.05, 4.69) is 20.4 Å². The van der Waals surface area contributed by atoms with E-state index in [9.17, 15) is 4.79 Å². The number of hydrogen-bond donors (Lipinski definition) is 2. The number of nitrogens with one attached hydrogen (secondary N) is 1. The number of carbonyl (C=O) groups is 1. The molecule has 0 radical (unpaired) electrons. The van der Waals surface area contributed by atoms with Crippen molar-refractivity contribution in [3.05, 3.63) is 46.8 Å². The highest BCUT2D eigenvalue weighted by Gasteiger charge is 2.14. The molecule has 21 heavy (non-hydrogen) atoms. The van der Waals surface area contributed by atoms with Crippen molar-refractivity contribution < 1.29 is 4.79 Å². The maximum Gasteiger partial charge on any atom is 0.265 e. The van der Waals surface area contributed by atoms with E-state index >= 15 is 0 Å². The van der Waals surface area contributed by atoms with Crippen LogP contribution in [0.5, 0.6) is 0 Å². The van der Waals surface area contributed by atoms with Gasteiger partial charge in [-0.2, -0.15) is 5.10 Å². The Morgan fingerprint density at radius 2 is 2.33 bits per heavy atom. The molecule has 7 nitrogen and oxygen atoms in total. The van der Waals surface area contributed by atoms with E-state index in [4.69, 9.17) is 5.73 Å². The van der Waals surface area contributed by atoms with Crippen molar-refractivity contribution in [2.24, 2.45) is 0 Å². The first-order valence-corrected chi connectivity index (χ1v) is 6.94. The zero-order chi connectivity index (χ0) is 14.8. The third-order valence-electron chi connectivity index (χ3n) is 2.85. The lowest BCUT2D eigenvalue weighted by Crippen LogP contribution is -2.13. The van der Waals surface area contributed by atoms with Gasteiger partial charge in [0, 0.05) is 16.8 Å². The number of nitrogens with two attached hydrogens (primary N) is 1. The fraction of sp³-hybridized carbons (Fsp3) is 0.0769. The first-order chi connectivity index (χ1) is 10.1. The number of hydrogen-bond acceptors (Lipinski definition) is 6. The molecule has 3 aromatic rings. The molecule has 0 unspecified atom stereocenters. The highest BCUT2D eigenvalue weighted by atomic mass is 32.1. The second-order valence-corrected chi connectivity index (χ2v) is 5.55. The van der Waals surface area contributed by atoms with Gasteiger partial charge in [-0.25, -0.2) is 14.6 Å². The van der Waals surface area contributed by atoms with Gasteiger partial charge in [-0.3, -0.25) is 4.79 Å². The Morgan fingerprint density at radius 1 is 1.48 bits per heavy atom. The zero-order valence-electron chi connectivity index (χ0n) is 11.1. The molecule has 3 rings (SSSR count). The van der Waals surface area contributed by atoms with Crippen LogP contribution < -0.4 is 11.1 Å². The molecule has 0 atom stereocenters. The summed E-state index contributed by atoms with van der Waals surface area (Å²) in [6.07, 6.45) is 4.55. The van der Waals surface area contributed by atoms with Crippen molar-refractivity contribution in [1.82, 2.24) is 19.7 Å². The monoisotopic (exact) mass is 300 g/mol. The van der Waals surface area contributed by atoms with Gasteiger partial charge in [-0.15, -0.1) is 11.3 Å². The summed E-state index contributed by atoms with van der Waals surface area (Å²) in [7, 11) is 0. The quantitative estimate of drug-likeness (QED) is 0.769. The molecule has 0 aliphatic carbocycles. The molecular weight excluding hydrogens is 288 g/mol. The molecule has 0 saturated carbocycles. The molecule has 3 aromatic heterocycles. The van der Waals surface area contributed by atoms with Crippen molar-refractivity contribution in [3.63, 3.8) is 0 Å². The number of thiophene rings is 1. The zero-order valence-corrected chi connectivity index (χ0v) is 12.0. The summed E-state index contributed by atoms with van der Waals surface area (Å²) in [6, 6.07) is 5.16. The van der Waals surface area contributed by atoms with Crippen LogP contribution in [0.25, 0.3) is 5.82 Å². The minimum Gasteiger partial charge on any atom is -0.398 e. The maximum absolute atomic E-state index is 12.3. The van der Waals surface area contributed by atoms with Crippen LogP contribution in [0.2, 0.25) is 0 Å². The van der Waals surface area contributed by atoms with Crippen LogP contribution in [-0.4, -0.2) is 25.7 Å². The second kappa shape index (κ2) is 5.33. The summed E-state index contributed by atoms with van der Waals surface area (Å²) in [5, 5.41) is 6.84. The van der Waals surface area contributed by atoms with Crippen LogP contribution in [0.1, 0.15) is 14.5 Å². The highest BCUT2D eigenvalue weighted by molar-refractivity contribution is 7.14. The summed E-state index contributed by atoms with van der Waals surface area (Å²) >= 11 is 1.35. The van der Waals surface area contributed by atoms with Gasteiger partial charge in [0.2, 0.25) is 0 Å². The predicted octanol–water partition coefficient (Wildman–Crippen LogP) is 1.87. The number of pyridine rings is 1. The van der Waals surface area contributed by atoms with Crippen LogP contribution in [-0.2, 0) is 0 Å². The van der Waals surface area contributed by atoms with E-state index in [0.717, 1.165) is 4.88 Å². The van der Waals surface area contributed by atoms with E-state index in [1.165, 1.54) is 28.7 Å². The van der Waals surface area contributed by atoms with E-state index in [1.54, 1.807) is 24.4 Å². The molecular formula is C13H12N6OS. The lowest BCUT2D eigenvalue weighted by Gasteiger charge is -2.08. The SMILES string of the molecule is Cc1sc(C(=O)Nc2cccnc2-n2cncn2)cc1N. The third kappa shape index (κ3) is 2.61. The van der Waals surface area contributed by atoms with Gasteiger partial charge in [-0.1, -0.05) is 0 Å². The molecule has 0 saturated heterocycles. The Labute approximate surface area is 124 Å². The van der Waals surface area contributed by atoms with Crippen molar-refractivity contribution >= 4 is 28.6 Å². The number of rotatable bonds is 3. The predicted molar refractivity (Wildman–Crippen MR) is 80.6 cm³/mol. The van der Waals surface area contributed by atoms with Crippen molar-refractivity contribution in [2.75, 3.05) is 11.1 Å². The minimum atomic E-state index is -0.228. The Balaban J connectivity index is 1.90. The Morgan fingerprint density at radius 3 is 3.00 bits per heavy atom. The van der Waals surface area contributed by atoms with E-state index < -0.39 is 0 Å². The average molecular weight is 300 g/mol. The number of amides is 1. The second-order valence-electron chi connectivity index (χ2n) is 4.29. The molecule has 3 heterocycles. The summed E-state index contributed by atoms with van der Waals surface area (Å²) in [5.41, 5.74) is 6.95. The molecule has 0 aliphatic rings. The molecule has 106 valence electrons. The number of nitrogen functional groups attached to an aromatic ring is 1. The summed E-state index contributed by atoms with van der Waals surface area (Å²) in [6.45, 7) is 1.88. The van der Waals surface area contributed by atoms with E-state index in [-0.39, 0.29) is 5.91 Å². The fourth-order valence-corrected chi connectivity index (χ4v) is 2.62. The molecule has 0 aromatic carbocycles. The smallest absolute Gasteiger partial charge is 0.265 e. The van der Waals surface area contributed by atoms with Crippen LogP contribution in [0.4, 0.5) is 11.4 Å². The van der Waals surface area contributed by atoms with Crippen molar-refractivity contribution in [2.45, 2.75) is 6.92 Å². The number of anilines is 2. The van der Waals surface area contributed by atoms with Crippen LogP contribution in [0.3, 0.4) is 0 Å². The number of nitrogens with zero attached hydrogens (tertiary/aromatic N) is 4. The topological polar surface area (TPSA) is 98.7 Å². The maximum atomic E-state index is 12.3. The van der Waals surface area contributed by atoms with Gasteiger partial charge in [0.1, 0.15) is 12.7 Å². The first kappa shape index (κ1) is 13.3. The average Bonchev–Trinajstić information content (AvgIpc) is 3.10. The number of aromatic nitrogens is 4. The fourth-order valence-electron chi connectivity index (χ4n) is 1.79. The van der Waals surface area contributed by atoms with Crippen LogP contribution >= 0.6 is 11.3 Å².